The summed E-state index contributed by atoms with van der Waals surface area (Å²) in [7, 11) is -2.70. The Morgan fingerprint density at radius 2 is 1.42 bits per heavy atom. The third-order valence-corrected chi connectivity index (χ3v) is 9.84. The lowest BCUT2D eigenvalue weighted by Gasteiger charge is -2.33. The van der Waals surface area contributed by atoms with Gasteiger partial charge in [0.15, 0.2) is 5.96 Å². The minimum Gasteiger partial charge on any atom is -0.370 e. The molecule has 4 aromatic rings. The maximum atomic E-state index is 14.3. The van der Waals surface area contributed by atoms with Crippen LogP contribution in [0.2, 0.25) is 0 Å². The van der Waals surface area contributed by atoms with Gasteiger partial charge in [0, 0.05) is 31.2 Å². The number of hydrogen-bond donors (Lipinski definition) is 6. The van der Waals surface area contributed by atoms with Crippen LogP contribution in [0.5, 0.6) is 0 Å². The third-order valence-electron chi connectivity index (χ3n) is 8.45. The van der Waals surface area contributed by atoms with Crippen molar-refractivity contribution in [2.75, 3.05) is 19.3 Å². The van der Waals surface area contributed by atoms with E-state index in [0.29, 0.717) is 11.1 Å². The van der Waals surface area contributed by atoms with Gasteiger partial charge in [-0.2, -0.15) is 0 Å². The summed E-state index contributed by atoms with van der Waals surface area (Å²) in [4.78, 5) is 56.5. The van der Waals surface area contributed by atoms with Gasteiger partial charge < -0.3 is 27.4 Å². The molecular weight excluding hydrogens is 701 g/mol. The second kappa shape index (κ2) is 18.6. The SMILES string of the molecule is CNC(=O)[C@H](Cc1ccc2ccccc2c1)NC(=O)[C@@](CCC[N+](=O)[O-])(N=C(N)N)NC(=O)[C@@H](Cc1ccccc1)NS(=O)(=O)CCc1ccccc1. The van der Waals surface area contributed by atoms with Gasteiger partial charge in [-0.25, -0.2) is 18.1 Å². The number of nitrogens with two attached hydrogens (primary N) is 2. The number of amides is 3. The second-order valence-corrected chi connectivity index (χ2v) is 14.4. The standard InChI is InChI=1S/C37H44N8O7S/c1-40-33(46)31(25-28-17-18-29-15-8-9-16-30(29)23-28)41-35(48)37(43-36(38)39,20-10-21-45(49)50)42-34(47)32(24-27-13-6-3-7-14-27)44-53(51,52)22-19-26-11-4-2-5-12-26/h2-9,11-18,23,31-32,44H,10,19-22,24-25H2,1H3,(H,40,46)(H,41,48)(H,42,47)(H4,38,39,43)/t31-,32+,37+/m0/s1. The molecule has 53 heavy (non-hydrogen) atoms. The first kappa shape index (κ1) is 39.9. The maximum absolute atomic E-state index is 14.3. The van der Waals surface area contributed by atoms with Gasteiger partial charge in [0.1, 0.15) is 12.1 Å². The number of carbonyl (C=O) groups excluding carboxylic acids is 3. The number of sulfonamides is 1. The van der Waals surface area contributed by atoms with Crippen LogP contribution in [0.25, 0.3) is 10.8 Å². The van der Waals surface area contributed by atoms with Crippen LogP contribution in [0.1, 0.15) is 29.5 Å². The highest BCUT2D eigenvalue weighted by Crippen LogP contribution is 2.20. The average Bonchev–Trinajstić information content (AvgIpc) is 3.13. The number of nitrogens with zero attached hydrogens (tertiary/aromatic N) is 2. The molecular formula is C37H44N8O7S. The number of hydrogen-bond acceptors (Lipinski definition) is 8. The molecule has 3 amide bonds. The molecule has 0 aliphatic heterocycles. The van der Waals surface area contributed by atoms with Crippen molar-refractivity contribution >= 4 is 44.5 Å². The van der Waals surface area contributed by atoms with E-state index in [0.717, 1.165) is 16.3 Å². The molecule has 16 heteroatoms. The molecule has 0 fully saturated rings. The van der Waals surface area contributed by atoms with E-state index >= 15 is 0 Å². The fourth-order valence-corrected chi connectivity index (χ4v) is 7.06. The lowest BCUT2D eigenvalue weighted by molar-refractivity contribution is -0.480. The number of aliphatic imine (C=N–C) groups is 1. The van der Waals surface area contributed by atoms with Gasteiger partial charge in [0.25, 0.3) is 5.91 Å². The molecule has 0 radical (unpaired) electrons. The van der Waals surface area contributed by atoms with Crippen LogP contribution in [-0.4, -0.2) is 74.1 Å². The molecule has 0 heterocycles. The molecule has 0 saturated heterocycles. The van der Waals surface area contributed by atoms with Gasteiger partial charge in [-0.15, -0.1) is 0 Å². The number of likely N-dealkylation sites (N-methyl/N-ethyl adjacent to an activating group) is 1. The Morgan fingerprint density at radius 3 is 2.04 bits per heavy atom. The van der Waals surface area contributed by atoms with Crippen molar-refractivity contribution in [3.8, 4) is 0 Å². The summed E-state index contributed by atoms with van der Waals surface area (Å²) in [6, 6.07) is 28.0. The van der Waals surface area contributed by atoms with Crippen LogP contribution in [0.3, 0.4) is 0 Å². The second-order valence-electron chi connectivity index (χ2n) is 12.5. The number of nitrogens with one attached hydrogen (secondary N) is 4. The number of guanidine groups is 1. The van der Waals surface area contributed by atoms with E-state index < -0.39 is 69.3 Å². The summed E-state index contributed by atoms with van der Waals surface area (Å²) in [5.41, 5.74) is 11.3. The molecule has 280 valence electrons. The van der Waals surface area contributed by atoms with E-state index in [-0.39, 0.29) is 31.4 Å². The lowest BCUT2D eigenvalue weighted by atomic mass is 9.98. The number of carbonyl (C=O) groups is 3. The van der Waals surface area contributed by atoms with Gasteiger partial charge >= 0.3 is 0 Å². The topological polar surface area (TPSA) is 241 Å². The van der Waals surface area contributed by atoms with Crippen molar-refractivity contribution < 1.29 is 27.7 Å². The van der Waals surface area contributed by atoms with E-state index in [1.165, 1.54) is 7.05 Å². The first-order valence-corrected chi connectivity index (χ1v) is 18.6. The first-order valence-electron chi connectivity index (χ1n) is 16.9. The molecule has 0 aliphatic rings. The Bertz CT molecular complexity index is 2030. The molecule has 4 aromatic carbocycles. The van der Waals surface area contributed by atoms with E-state index in [1.54, 1.807) is 60.7 Å². The fraction of sp³-hybridized carbons (Fsp3) is 0.297. The Balaban J connectivity index is 1.68. The van der Waals surface area contributed by atoms with Crippen molar-refractivity contribution in [1.82, 2.24) is 20.7 Å². The molecule has 0 unspecified atom stereocenters. The predicted octanol–water partition coefficient (Wildman–Crippen LogP) is 1.53. The minimum atomic E-state index is -4.09. The van der Waals surface area contributed by atoms with E-state index in [2.05, 4.69) is 25.7 Å². The molecule has 0 aromatic heterocycles. The summed E-state index contributed by atoms with van der Waals surface area (Å²) >= 11 is 0. The fourth-order valence-electron chi connectivity index (χ4n) is 5.82. The summed E-state index contributed by atoms with van der Waals surface area (Å²) in [5.74, 6) is -3.59. The molecule has 8 N–H and O–H groups in total. The molecule has 3 atom stereocenters. The molecule has 4 rings (SSSR count). The van der Waals surface area contributed by atoms with Crippen molar-refractivity contribution in [2.45, 2.75) is 49.9 Å². The quantitative estimate of drug-likeness (QED) is 0.0353. The lowest BCUT2D eigenvalue weighted by Crippen LogP contribution is -2.64. The summed E-state index contributed by atoms with van der Waals surface area (Å²) in [6.45, 7) is -0.611. The Kier molecular flexibility index (Phi) is 14.0. The zero-order valence-electron chi connectivity index (χ0n) is 29.2. The number of rotatable bonds is 19. The maximum Gasteiger partial charge on any atom is 0.269 e. The third kappa shape index (κ3) is 12.1. The number of nitro groups is 1. The van der Waals surface area contributed by atoms with Gasteiger partial charge in [-0.1, -0.05) is 103 Å². The summed E-state index contributed by atoms with van der Waals surface area (Å²) in [6.07, 6.45) is -0.698. The molecule has 15 nitrogen and oxygen atoms in total. The monoisotopic (exact) mass is 744 g/mol. The van der Waals surface area contributed by atoms with Crippen molar-refractivity contribution in [2.24, 2.45) is 16.5 Å². The van der Waals surface area contributed by atoms with Gasteiger partial charge in [-0.3, -0.25) is 24.5 Å². The predicted molar refractivity (Wildman–Crippen MR) is 202 cm³/mol. The van der Waals surface area contributed by atoms with Crippen LogP contribution in [0.15, 0.2) is 108 Å². The van der Waals surface area contributed by atoms with Gasteiger partial charge in [0.05, 0.1) is 5.75 Å². The number of benzene rings is 4. The summed E-state index contributed by atoms with van der Waals surface area (Å²) in [5, 5.41) is 20.9. The summed E-state index contributed by atoms with van der Waals surface area (Å²) < 4.78 is 29.2. The molecule has 0 bridgehead atoms. The highest BCUT2D eigenvalue weighted by atomic mass is 32.2. The van der Waals surface area contributed by atoms with Crippen LogP contribution in [0.4, 0.5) is 0 Å². The van der Waals surface area contributed by atoms with Crippen molar-refractivity contribution in [1.29, 1.82) is 0 Å². The minimum absolute atomic E-state index is 0.0227. The zero-order valence-corrected chi connectivity index (χ0v) is 30.1. The normalized spacial score (nSPS) is 13.5. The van der Waals surface area contributed by atoms with E-state index in [1.807, 2.05) is 42.5 Å². The van der Waals surface area contributed by atoms with Crippen LogP contribution in [0, 0.1) is 10.1 Å². The smallest absolute Gasteiger partial charge is 0.269 e. The van der Waals surface area contributed by atoms with E-state index in [4.69, 9.17) is 11.5 Å². The average molecular weight is 745 g/mol. The zero-order chi connectivity index (χ0) is 38.4. The van der Waals surface area contributed by atoms with Crippen LogP contribution >= 0.6 is 0 Å². The Labute approximate surface area is 307 Å². The molecule has 0 spiro atoms. The van der Waals surface area contributed by atoms with Crippen LogP contribution in [-0.2, 0) is 43.7 Å². The van der Waals surface area contributed by atoms with Gasteiger partial charge in [0.2, 0.25) is 34.0 Å². The Hall–Kier alpha value is -5.87. The number of aryl methyl sites for hydroxylation is 1. The first-order chi connectivity index (χ1) is 25.3. The van der Waals surface area contributed by atoms with Crippen LogP contribution < -0.4 is 32.1 Å². The molecule has 0 saturated carbocycles. The van der Waals surface area contributed by atoms with Crippen molar-refractivity contribution in [3.05, 3.63) is 130 Å². The largest absolute Gasteiger partial charge is 0.370 e. The number of fused-ring (bicyclic) bond motifs is 1. The highest BCUT2D eigenvalue weighted by molar-refractivity contribution is 7.89. The molecule has 0 aliphatic carbocycles. The Morgan fingerprint density at radius 1 is 0.811 bits per heavy atom. The van der Waals surface area contributed by atoms with Crippen molar-refractivity contribution in [3.63, 3.8) is 0 Å². The van der Waals surface area contributed by atoms with E-state index in [9.17, 15) is 32.9 Å². The highest BCUT2D eigenvalue weighted by Gasteiger charge is 2.43. The van der Waals surface area contributed by atoms with Gasteiger partial charge in [-0.05, 0) is 40.3 Å².